The van der Waals surface area contributed by atoms with Gasteiger partial charge in [-0.2, -0.15) is 0 Å². The first-order valence-electron chi connectivity index (χ1n) is 9.13. The Bertz CT molecular complexity index is 195. The predicted octanol–water partition coefficient (Wildman–Crippen LogP) is 0.617. The highest BCUT2D eigenvalue weighted by Crippen LogP contribution is 2.55. The molecule has 0 fully saturated rings. The molecule has 0 bridgehead atoms. The molecule has 0 heterocycles. The maximum absolute atomic E-state index is 2.53. The molecule has 0 aromatic rings. The fourth-order valence-corrected chi connectivity index (χ4v) is 11.6. The van der Waals surface area contributed by atoms with Gasteiger partial charge in [0.25, 0.3) is 0 Å². The molecule has 0 saturated carbocycles. The minimum Gasteiger partial charge on any atom is -1.00 e. The highest BCUT2D eigenvalue weighted by molar-refractivity contribution is 7.63. The Kier molecular flexibility index (Phi) is 21.2. The minimum absolute atomic E-state index is 0. The van der Waals surface area contributed by atoms with Crippen molar-refractivity contribution in [2.24, 2.45) is 0 Å². The Hall–Kier alpha value is 1.82. The van der Waals surface area contributed by atoms with Gasteiger partial charge in [-0.1, -0.05) is 27.7 Å². The second-order valence-electron chi connectivity index (χ2n) is 6.89. The molecule has 0 N–H and O–H groups in total. The van der Waals surface area contributed by atoms with Crippen LogP contribution in [0.3, 0.4) is 0 Å². The van der Waals surface area contributed by atoms with Gasteiger partial charge in [0, 0.05) is 15.8 Å². The SMILES string of the molecule is CCC(C)[PH+](CC[PH+](C(C)CC)C(C)CC)C(C)CC.[Br-].[Br-]. The van der Waals surface area contributed by atoms with E-state index in [-0.39, 0.29) is 49.8 Å². The lowest BCUT2D eigenvalue weighted by Gasteiger charge is -2.26. The van der Waals surface area contributed by atoms with Gasteiger partial charge in [0.05, 0.1) is 35.0 Å². The summed E-state index contributed by atoms with van der Waals surface area (Å²) in [6, 6.07) is 0. The van der Waals surface area contributed by atoms with Crippen molar-refractivity contribution in [1.29, 1.82) is 0 Å². The summed E-state index contributed by atoms with van der Waals surface area (Å²) in [4.78, 5) is 0. The Morgan fingerprint density at radius 2 is 0.682 bits per heavy atom. The topological polar surface area (TPSA) is 0 Å². The molecular formula is C18H42Br2P2. The average Bonchev–Trinajstić information content (AvgIpc) is 2.48. The molecule has 0 amide bonds. The van der Waals surface area contributed by atoms with Gasteiger partial charge in [0.1, 0.15) is 0 Å². The van der Waals surface area contributed by atoms with Gasteiger partial charge in [-0.25, -0.2) is 0 Å². The summed E-state index contributed by atoms with van der Waals surface area (Å²) < 4.78 is 0. The zero-order valence-corrected chi connectivity index (χ0v) is 21.5. The largest absolute Gasteiger partial charge is 1.00 e. The maximum atomic E-state index is 2.53. The zero-order valence-electron chi connectivity index (χ0n) is 16.3. The first-order chi connectivity index (χ1) is 9.42. The summed E-state index contributed by atoms with van der Waals surface area (Å²) in [6.07, 6.45) is 8.77. The van der Waals surface area contributed by atoms with Crippen LogP contribution in [0.15, 0.2) is 0 Å². The van der Waals surface area contributed by atoms with E-state index < -0.39 is 0 Å². The van der Waals surface area contributed by atoms with E-state index in [9.17, 15) is 0 Å². The molecule has 0 aromatic carbocycles. The van der Waals surface area contributed by atoms with Gasteiger partial charge in [-0.15, -0.1) is 0 Å². The third-order valence-electron chi connectivity index (χ3n) is 5.68. The molecule has 4 unspecified atom stereocenters. The van der Waals surface area contributed by atoms with Gasteiger partial charge in [-0.3, -0.25) is 0 Å². The van der Waals surface area contributed by atoms with Crippen LogP contribution < -0.4 is 34.0 Å². The van der Waals surface area contributed by atoms with Crippen molar-refractivity contribution >= 4 is 15.8 Å². The Morgan fingerprint density at radius 3 is 0.818 bits per heavy atom. The van der Waals surface area contributed by atoms with Crippen LogP contribution in [0.25, 0.3) is 0 Å². The number of halogens is 2. The molecule has 0 aliphatic rings. The van der Waals surface area contributed by atoms with Gasteiger partial charge < -0.3 is 34.0 Å². The highest BCUT2D eigenvalue weighted by atomic mass is 79.9. The summed E-state index contributed by atoms with van der Waals surface area (Å²) in [5.41, 5.74) is 4.03. The van der Waals surface area contributed by atoms with Crippen LogP contribution in [-0.4, -0.2) is 35.0 Å². The van der Waals surface area contributed by atoms with Crippen LogP contribution in [0.2, 0.25) is 0 Å². The van der Waals surface area contributed by atoms with E-state index in [1.165, 1.54) is 25.7 Å². The van der Waals surface area contributed by atoms with E-state index in [1.54, 1.807) is 12.3 Å². The standard InChI is InChI=1S/C18H40P2.2BrH/c1-9-15(5)19(16(6)10-2)13-14-20(17(7)11-3)18(8)12-4;;/h15-18H,9-14H2,1-8H3;2*1H. The second kappa shape index (κ2) is 16.3. The fourth-order valence-electron chi connectivity index (χ4n) is 3.29. The summed E-state index contributed by atoms with van der Waals surface area (Å²) in [7, 11) is -0.307. The van der Waals surface area contributed by atoms with Crippen molar-refractivity contribution in [2.45, 2.75) is 104 Å². The van der Waals surface area contributed by atoms with Gasteiger partial charge in [0.2, 0.25) is 0 Å². The molecule has 0 radical (unpaired) electrons. The Labute approximate surface area is 165 Å². The summed E-state index contributed by atoms with van der Waals surface area (Å²) in [6.45, 7) is 19.7. The fraction of sp³-hybridized carbons (Fsp3) is 1.00. The summed E-state index contributed by atoms with van der Waals surface area (Å²) in [5, 5.41) is 0. The van der Waals surface area contributed by atoms with E-state index in [0.29, 0.717) is 0 Å². The lowest BCUT2D eigenvalue weighted by Crippen LogP contribution is -3.00. The smallest absolute Gasteiger partial charge is 0.0910 e. The van der Waals surface area contributed by atoms with Crippen molar-refractivity contribution in [1.82, 2.24) is 0 Å². The first-order valence-corrected chi connectivity index (χ1v) is 12.9. The molecule has 0 spiro atoms. The lowest BCUT2D eigenvalue weighted by molar-refractivity contribution is -0.001000. The molecule has 138 valence electrons. The molecule has 0 saturated heterocycles. The van der Waals surface area contributed by atoms with Crippen molar-refractivity contribution in [3.05, 3.63) is 0 Å². The van der Waals surface area contributed by atoms with E-state index in [0.717, 1.165) is 22.6 Å². The molecule has 22 heavy (non-hydrogen) atoms. The third kappa shape index (κ3) is 9.96. The summed E-state index contributed by atoms with van der Waals surface area (Å²) in [5.74, 6) is 0. The van der Waals surface area contributed by atoms with Crippen LogP contribution in [-0.2, 0) is 0 Å². The average molecular weight is 480 g/mol. The quantitative estimate of drug-likeness (QED) is 0.381. The second-order valence-corrected chi connectivity index (χ2v) is 14.1. The van der Waals surface area contributed by atoms with Crippen molar-refractivity contribution in [2.75, 3.05) is 12.3 Å². The lowest BCUT2D eigenvalue weighted by atomic mass is 10.4. The zero-order chi connectivity index (χ0) is 15.7. The molecule has 0 aliphatic carbocycles. The first kappa shape index (κ1) is 28.6. The number of hydrogen-bond donors (Lipinski definition) is 0. The third-order valence-corrected chi connectivity index (χ3v) is 14.5. The van der Waals surface area contributed by atoms with Crippen LogP contribution in [0.5, 0.6) is 0 Å². The van der Waals surface area contributed by atoms with E-state index >= 15 is 0 Å². The predicted molar refractivity (Wildman–Crippen MR) is 105 cm³/mol. The van der Waals surface area contributed by atoms with E-state index in [1.807, 2.05) is 0 Å². The van der Waals surface area contributed by atoms with Gasteiger partial charge in [-0.05, 0) is 53.4 Å². The molecule has 4 heteroatoms. The van der Waals surface area contributed by atoms with Crippen LogP contribution >= 0.6 is 15.8 Å². The number of rotatable bonds is 11. The monoisotopic (exact) mass is 478 g/mol. The molecular weight excluding hydrogens is 438 g/mol. The van der Waals surface area contributed by atoms with E-state index in [2.05, 4.69) is 55.4 Å². The molecule has 4 atom stereocenters. The molecule has 0 aliphatic heterocycles. The van der Waals surface area contributed by atoms with Crippen LogP contribution in [0.4, 0.5) is 0 Å². The molecule has 0 rings (SSSR count). The number of hydrogen-bond acceptors (Lipinski definition) is 0. The van der Waals surface area contributed by atoms with Crippen molar-refractivity contribution in [3.63, 3.8) is 0 Å². The van der Waals surface area contributed by atoms with Gasteiger partial charge >= 0.3 is 0 Å². The minimum atomic E-state index is -0.154. The van der Waals surface area contributed by atoms with Gasteiger partial charge in [0.15, 0.2) is 0 Å². The van der Waals surface area contributed by atoms with Crippen LogP contribution in [0, 0.1) is 0 Å². The normalized spacial score (nSPS) is 19.1. The Balaban J connectivity index is -0.00000180. The summed E-state index contributed by atoms with van der Waals surface area (Å²) >= 11 is 0. The molecule has 0 aromatic heterocycles. The van der Waals surface area contributed by atoms with Crippen LogP contribution in [0.1, 0.15) is 81.1 Å². The maximum Gasteiger partial charge on any atom is 0.0910 e. The van der Waals surface area contributed by atoms with Crippen molar-refractivity contribution < 1.29 is 34.0 Å². The highest BCUT2D eigenvalue weighted by Gasteiger charge is 2.34. The van der Waals surface area contributed by atoms with Crippen molar-refractivity contribution in [3.8, 4) is 0 Å². The molecule has 0 nitrogen and oxygen atoms in total. The Morgan fingerprint density at radius 1 is 0.500 bits per heavy atom. The van der Waals surface area contributed by atoms with E-state index in [4.69, 9.17) is 0 Å².